The van der Waals surface area contributed by atoms with Crippen LogP contribution in [-0.4, -0.2) is 75.9 Å². The van der Waals surface area contributed by atoms with Gasteiger partial charge in [-0.15, -0.1) is 0 Å². The van der Waals surface area contributed by atoms with E-state index in [2.05, 4.69) is 23.6 Å². The second kappa shape index (κ2) is 19.4. The van der Waals surface area contributed by atoms with Gasteiger partial charge in [0.1, 0.15) is 46.0 Å². The van der Waals surface area contributed by atoms with Crippen LogP contribution in [-0.2, 0) is 13.1 Å². The van der Waals surface area contributed by atoms with Crippen LogP contribution < -0.4 is 28.4 Å². The number of aliphatic hydroxyl groups excluding tert-OH is 2. The van der Waals surface area contributed by atoms with Crippen molar-refractivity contribution in [2.24, 2.45) is 0 Å². The second-order valence-corrected chi connectivity index (χ2v) is 13.2. The van der Waals surface area contributed by atoms with Crippen LogP contribution in [0.5, 0.6) is 34.5 Å². The molecular formula is C44H54N2O9. The lowest BCUT2D eigenvalue weighted by Crippen LogP contribution is -2.34. The molecule has 0 aliphatic rings. The molecule has 55 heavy (non-hydrogen) atoms. The average molecular weight is 755 g/mol. The molecule has 294 valence electrons. The van der Waals surface area contributed by atoms with E-state index in [1.165, 1.54) is 0 Å². The van der Waals surface area contributed by atoms with E-state index in [1.807, 2.05) is 97.1 Å². The Morgan fingerprint density at radius 1 is 0.491 bits per heavy atom. The first-order chi connectivity index (χ1) is 26.7. The van der Waals surface area contributed by atoms with Crippen molar-refractivity contribution >= 4 is 0 Å². The lowest BCUT2D eigenvalue weighted by atomic mass is 10.0. The first-order valence-corrected chi connectivity index (χ1v) is 18.3. The standard InChI is InChI=1S/C44H54N2O9/c1-29(45(37(27-47)31-15-11-9-12-16-31)25-35-41(51-5)21-33(49-3)22-42(35)52-6)39-19-20-40(55-39)30(2)46(38(28-48)32-17-13-10-14-18-32)26-36-43(53-7)23-34(50-4)24-44(36)54-8/h9-24,29-30,37-38,47-48H,25-28H2,1-8H3/t29-,30-,37-,38-/m0/s1. The summed E-state index contributed by atoms with van der Waals surface area (Å²) in [4.78, 5) is 4.36. The van der Waals surface area contributed by atoms with Crippen molar-refractivity contribution in [2.75, 3.05) is 55.9 Å². The van der Waals surface area contributed by atoms with E-state index in [1.54, 1.807) is 42.7 Å². The molecule has 2 N–H and O–H groups in total. The summed E-state index contributed by atoms with van der Waals surface area (Å²) in [6.07, 6.45) is 0. The molecule has 0 bridgehead atoms. The van der Waals surface area contributed by atoms with Gasteiger partial charge in [-0.1, -0.05) is 60.7 Å². The molecule has 0 radical (unpaired) electrons. The Balaban J connectivity index is 1.57. The van der Waals surface area contributed by atoms with Crippen LogP contribution in [0.4, 0.5) is 0 Å². The van der Waals surface area contributed by atoms with Crippen molar-refractivity contribution < 1.29 is 43.1 Å². The molecule has 0 amide bonds. The Morgan fingerprint density at radius 3 is 1.09 bits per heavy atom. The van der Waals surface area contributed by atoms with Gasteiger partial charge in [0.2, 0.25) is 0 Å². The highest BCUT2D eigenvalue weighted by molar-refractivity contribution is 5.52. The summed E-state index contributed by atoms with van der Waals surface area (Å²) in [6.45, 7) is 4.54. The lowest BCUT2D eigenvalue weighted by molar-refractivity contribution is 0.0592. The fourth-order valence-corrected chi connectivity index (χ4v) is 7.16. The summed E-state index contributed by atoms with van der Waals surface area (Å²) in [5.41, 5.74) is 3.50. The number of nitrogens with zero attached hydrogens (tertiary/aromatic N) is 2. The molecule has 5 rings (SSSR count). The number of rotatable bonds is 20. The Morgan fingerprint density at radius 2 is 0.818 bits per heavy atom. The highest BCUT2D eigenvalue weighted by atomic mass is 16.5. The monoisotopic (exact) mass is 754 g/mol. The van der Waals surface area contributed by atoms with Crippen molar-refractivity contribution in [2.45, 2.75) is 51.1 Å². The maximum absolute atomic E-state index is 11.0. The van der Waals surface area contributed by atoms with Crippen molar-refractivity contribution in [1.82, 2.24) is 9.80 Å². The van der Waals surface area contributed by atoms with Gasteiger partial charge in [-0.2, -0.15) is 0 Å². The molecule has 4 aromatic carbocycles. The average Bonchev–Trinajstić information content (AvgIpc) is 3.74. The van der Waals surface area contributed by atoms with Crippen molar-refractivity contribution in [1.29, 1.82) is 0 Å². The van der Waals surface area contributed by atoms with E-state index in [0.717, 1.165) is 22.3 Å². The highest BCUT2D eigenvalue weighted by Gasteiger charge is 2.33. The number of ether oxygens (including phenoxy) is 6. The van der Waals surface area contributed by atoms with Gasteiger partial charge in [-0.25, -0.2) is 0 Å². The van der Waals surface area contributed by atoms with Crippen LogP contribution in [0.15, 0.2) is 101 Å². The normalized spacial score (nSPS) is 13.6. The van der Waals surface area contributed by atoms with E-state index in [-0.39, 0.29) is 25.3 Å². The summed E-state index contributed by atoms with van der Waals surface area (Å²) >= 11 is 0. The predicted octanol–water partition coefficient (Wildman–Crippen LogP) is 7.92. The smallest absolute Gasteiger partial charge is 0.130 e. The predicted molar refractivity (Wildman–Crippen MR) is 211 cm³/mol. The summed E-state index contributed by atoms with van der Waals surface area (Å²) in [6, 6.07) is 29.6. The van der Waals surface area contributed by atoms with Crippen LogP contribution in [0, 0.1) is 0 Å². The van der Waals surface area contributed by atoms with Crippen LogP contribution >= 0.6 is 0 Å². The van der Waals surface area contributed by atoms with E-state index >= 15 is 0 Å². The quantitative estimate of drug-likeness (QED) is 0.0808. The number of methoxy groups -OCH3 is 6. The Bertz CT molecular complexity index is 1750. The van der Waals surface area contributed by atoms with Gasteiger partial charge >= 0.3 is 0 Å². The number of benzene rings is 4. The minimum absolute atomic E-state index is 0.145. The first-order valence-electron chi connectivity index (χ1n) is 18.3. The van der Waals surface area contributed by atoms with Crippen molar-refractivity contribution in [3.05, 3.63) is 131 Å². The Hall–Kier alpha value is -5.20. The third kappa shape index (κ3) is 9.20. The largest absolute Gasteiger partial charge is 0.496 e. The molecule has 0 spiro atoms. The van der Waals surface area contributed by atoms with Crippen LogP contribution in [0.1, 0.15) is 71.8 Å². The fourth-order valence-electron chi connectivity index (χ4n) is 7.16. The van der Waals surface area contributed by atoms with Crippen molar-refractivity contribution in [3.8, 4) is 34.5 Å². The maximum atomic E-state index is 11.0. The summed E-state index contributed by atoms with van der Waals surface area (Å²) in [5, 5.41) is 21.9. The fraction of sp³-hybridized carbons (Fsp3) is 0.364. The summed E-state index contributed by atoms with van der Waals surface area (Å²) in [7, 11) is 9.66. The van der Waals surface area contributed by atoms with Gasteiger partial charge in [-0.05, 0) is 37.1 Å². The summed E-state index contributed by atoms with van der Waals surface area (Å²) in [5.74, 6) is 5.01. The van der Waals surface area contributed by atoms with E-state index < -0.39 is 12.1 Å². The molecule has 0 unspecified atom stereocenters. The van der Waals surface area contributed by atoms with Gasteiger partial charge in [0.05, 0.1) is 91.2 Å². The molecule has 4 atom stereocenters. The van der Waals surface area contributed by atoms with E-state index in [9.17, 15) is 10.2 Å². The van der Waals surface area contributed by atoms with Crippen molar-refractivity contribution in [3.63, 3.8) is 0 Å². The molecule has 1 heterocycles. The molecule has 11 heteroatoms. The molecule has 0 saturated carbocycles. The maximum Gasteiger partial charge on any atom is 0.130 e. The minimum Gasteiger partial charge on any atom is -0.496 e. The Labute approximate surface area is 324 Å². The number of hydrogen-bond acceptors (Lipinski definition) is 11. The second-order valence-electron chi connectivity index (χ2n) is 13.2. The first kappa shape index (κ1) is 41.0. The molecule has 5 aromatic rings. The van der Waals surface area contributed by atoms with Gasteiger partial charge < -0.3 is 43.1 Å². The van der Waals surface area contributed by atoms with Gasteiger partial charge in [0, 0.05) is 37.4 Å². The zero-order chi connectivity index (χ0) is 39.5. The molecular weight excluding hydrogens is 700 g/mol. The van der Waals surface area contributed by atoms with Crippen LogP contribution in [0.2, 0.25) is 0 Å². The molecule has 0 aliphatic heterocycles. The highest BCUT2D eigenvalue weighted by Crippen LogP contribution is 2.43. The molecule has 1 aromatic heterocycles. The molecule has 0 fully saturated rings. The zero-order valence-corrected chi connectivity index (χ0v) is 33.0. The van der Waals surface area contributed by atoms with Crippen LogP contribution in [0.3, 0.4) is 0 Å². The molecule has 11 nitrogen and oxygen atoms in total. The van der Waals surface area contributed by atoms with E-state index in [0.29, 0.717) is 59.1 Å². The number of hydrogen-bond donors (Lipinski definition) is 2. The third-order valence-electron chi connectivity index (χ3n) is 10.3. The lowest BCUT2D eigenvalue weighted by Gasteiger charge is -2.36. The third-order valence-corrected chi connectivity index (χ3v) is 10.3. The van der Waals surface area contributed by atoms with E-state index in [4.69, 9.17) is 32.8 Å². The molecule has 0 saturated heterocycles. The summed E-state index contributed by atoms with van der Waals surface area (Å²) < 4.78 is 41.2. The number of aliphatic hydroxyl groups is 2. The Kier molecular flexibility index (Phi) is 14.5. The number of furan rings is 1. The topological polar surface area (TPSA) is 115 Å². The van der Waals surface area contributed by atoms with Gasteiger partial charge in [-0.3, -0.25) is 9.80 Å². The zero-order valence-electron chi connectivity index (χ0n) is 33.0. The minimum atomic E-state index is -0.401. The van der Waals surface area contributed by atoms with Gasteiger partial charge in [0.15, 0.2) is 0 Å². The van der Waals surface area contributed by atoms with Gasteiger partial charge in [0.25, 0.3) is 0 Å². The SMILES string of the molecule is COc1cc(OC)c(CN([C@@H](C)c2ccc([C@H](C)N(Cc3c(OC)cc(OC)cc3OC)[C@@H](CO)c3ccccc3)o2)[C@@H](CO)c2ccccc2)c(OC)c1. The molecule has 0 aliphatic carbocycles. The van der Waals surface area contributed by atoms with Crippen LogP contribution in [0.25, 0.3) is 0 Å².